The van der Waals surface area contributed by atoms with Crippen molar-refractivity contribution in [2.45, 2.75) is 32.7 Å². The number of imidazole rings is 1. The van der Waals surface area contributed by atoms with Gasteiger partial charge in [-0.2, -0.15) is 8.42 Å². The molecule has 1 aromatic heterocycles. The normalized spacial score (nSPS) is 16.7. The van der Waals surface area contributed by atoms with Gasteiger partial charge in [0.25, 0.3) is 0 Å². The number of benzene rings is 1. The maximum absolute atomic E-state index is 10.7. The van der Waals surface area contributed by atoms with E-state index < -0.39 is 10.4 Å². The summed E-state index contributed by atoms with van der Waals surface area (Å²) in [6.07, 6.45) is 0.468. The van der Waals surface area contributed by atoms with Crippen LogP contribution in [0.4, 0.5) is 0 Å². The summed E-state index contributed by atoms with van der Waals surface area (Å²) < 4.78 is 36.3. The topological polar surface area (TPSA) is 93.8 Å². The summed E-state index contributed by atoms with van der Waals surface area (Å²) in [5, 5.41) is 4.08. The summed E-state index contributed by atoms with van der Waals surface area (Å²) in [5.41, 5.74) is 2.60. The molecule has 1 aliphatic heterocycles. The Balaban J connectivity index is 2.22. The molecule has 0 spiro atoms. The van der Waals surface area contributed by atoms with Crippen molar-refractivity contribution in [1.29, 1.82) is 0 Å². The molecule has 3 rings (SSSR count). The molecule has 118 valence electrons. The van der Waals surface area contributed by atoms with Gasteiger partial charge in [0.15, 0.2) is 0 Å². The van der Waals surface area contributed by atoms with Crippen molar-refractivity contribution in [3.05, 3.63) is 28.5 Å². The summed E-state index contributed by atoms with van der Waals surface area (Å²) in [4.78, 5) is 4.59. The van der Waals surface area contributed by atoms with Gasteiger partial charge in [-0.15, -0.1) is 0 Å². The largest absolute Gasteiger partial charge is 0.466 e. The summed E-state index contributed by atoms with van der Waals surface area (Å²) in [5.74, 6) is 1.14. The lowest BCUT2D eigenvalue weighted by atomic mass is 10.0. The number of oxime groups is 1. The number of rotatable bonds is 3. The van der Waals surface area contributed by atoms with Crippen LogP contribution in [0.15, 0.2) is 17.3 Å². The minimum Gasteiger partial charge on any atom is -0.327 e. The third-order valence-corrected chi connectivity index (χ3v) is 4.08. The molecule has 9 heteroatoms. The van der Waals surface area contributed by atoms with Gasteiger partial charge in [-0.05, 0) is 12.1 Å². The number of nitrogens with zero attached hydrogens (tertiary/aromatic N) is 3. The van der Waals surface area contributed by atoms with Crippen LogP contribution in [0.1, 0.15) is 37.6 Å². The van der Waals surface area contributed by atoms with Crippen molar-refractivity contribution in [3.8, 4) is 0 Å². The number of aryl methyl sites for hydroxylation is 1. The van der Waals surface area contributed by atoms with Crippen molar-refractivity contribution < 1.29 is 17.3 Å². The van der Waals surface area contributed by atoms with E-state index in [4.69, 9.17) is 16.2 Å². The Labute approximate surface area is 132 Å². The summed E-state index contributed by atoms with van der Waals surface area (Å²) in [7, 11) is -4.62. The fraction of sp³-hybridized carbons (Fsp3) is 0.385. The Bertz CT molecular complexity index is 886. The van der Waals surface area contributed by atoms with Crippen molar-refractivity contribution in [2.75, 3.05) is 0 Å². The maximum Gasteiger partial charge on any atom is 0.466 e. The van der Waals surface area contributed by atoms with E-state index in [-0.39, 0.29) is 5.92 Å². The Morgan fingerprint density at radius 1 is 1.45 bits per heavy atom. The molecular formula is C13H14ClN3O4S. The van der Waals surface area contributed by atoms with Crippen LogP contribution in [0.2, 0.25) is 5.02 Å². The average molecular weight is 344 g/mol. The lowest BCUT2D eigenvalue weighted by Crippen LogP contribution is -2.18. The third-order valence-electron chi connectivity index (χ3n) is 3.52. The minimum atomic E-state index is -4.62. The molecule has 0 saturated carbocycles. The lowest BCUT2D eigenvalue weighted by molar-refractivity contribution is 0.281. The second kappa shape index (κ2) is 5.22. The lowest BCUT2D eigenvalue weighted by Gasteiger charge is -2.19. The van der Waals surface area contributed by atoms with Crippen LogP contribution in [0, 0.1) is 0 Å². The van der Waals surface area contributed by atoms with Gasteiger partial charge in [-0.1, -0.05) is 30.6 Å². The molecule has 1 aromatic carbocycles. The predicted octanol–water partition coefficient (Wildman–Crippen LogP) is 2.74. The zero-order valence-corrected chi connectivity index (χ0v) is 13.5. The molecule has 0 unspecified atom stereocenters. The fourth-order valence-corrected chi connectivity index (χ4v) is 3.04. The molecule has 2 aromatic rings. The van der Waals surface area contributed by atoms with Crippen LogP contribution in [0.25, 0.3) is 11.0 Å². The van der Waals surface area contributed by atoms with E-state index in [9.17, 15) is 8.42 Å². The van der Waals surface area contributed by atoms with E-state index in [1.165, 1.54) is 0 Å². The first-order chi connectivity index (χ1) is 10.3. The van der Waals surface area contributed by atoms with Crippen LogP contribution < -0.4 is 0 Å². The second-order valence-corrected chi connectivity index (χ2v) is 6.77. The van der Waals surface area contributed by atoms with Gasteiger partial charge < -0.3 is 4.57 Å². The molecule has 0 atom stereocenters. The Morgan fingerprint density at radius 3 is 2.82 bits per heavy atom. The third kappa shape index (κ3) is 2.57. The number of halogens is 1. The Morgan fingerprint density at radius 2 is 2.18 bits per heavy atom. The van der Waals surface area contributed by atoms with Crippen molar-refractivity contribution >= 4 is 38.7 Å². The number of aromatic nitrogens is 2. The molecule has 0 saturated heterocycles. The van der Waals surface area contributed by atoms with Crippen LogP contribution in [0.5, 0.6) is 0 Å². The van der Waals surface area contributed by atoms with Gasteiger partial charge >= 0.3 is 10.4 Å². The van der Waals surface area contributed by atoms with E-state index >= 15 is 0 Å². The Kier molecular flexibility index (Phi) is 3.62. The van der Waals surface area contributed by atoms with Gasteiger partial charge in [-0.25, -0.2) is 9.27 Å². The average Bonchev–Trinajstić information content (AvgIpc) is 2.82. The first-order valence-electron chi connectivity index (χ1n) is 6.70. The highest BCUT2D eigenvalue weighted by Gasteiger charge is 2.25. The highest BCUT2D eigenvalue weighted by atomic mass is 35.5. The zero-order chi connectivity index (χ0) is 16.1. The van der Waals surface area contributed by atoms with Gasteiger partial charge in [-0.3, -0.25) is 4.55 Å². The highest BCUT2D eigenvalue weighted by Crippen LogP contribution is 2.33. The van der Waals surface area contributed by atoms with Gasteiger partial charge in [0.2, 0.25) is 0 Å². The highest BCUT2D eigenvalue weighted by molar-refractivity contribution is 7.80. The molecule has 7 nitrogen and oxygen atoms in total. The molecule has 0 radical (unpaired) electrons. The zero-order valence-electron chi connectivity index (χ0n) is 11.9. The number of hydrogen-bond acceptors (Lipinski definition) is 5. The standard InChI is InChI=1S/C13H14ClN3O4S/c1-7(2)13-15-11-9(14)4-3-8-10(16-21-22(18,19)20)5-6-17(13)12(8)11/h3-4,7H,5-6H2,1-2H3,(H,18,19,20)/b16-10-. The van der Waals surface area contributed by atoms with E-state index in [2.05, 4.69) is 19.0 Å². The molecule has 1 N–H and O–H groups in total. The van der Waals surface area contributed by atoms with E-state index in [1.807, 2.05) is 13.8 Å². The van der Waals surface area contributed by atoms with Crippen molar-refractivity contribution in [1.82, 2.24) is 9.55 Å². The second-order valence-electron chi connectivity index (χ2n) is 5.36. The summed E-state index contributed by atoms with van der Waals surface area (Å²) in [6.45, 7) is 4.68. The van der Waals surface area contributed by atoms with Crippen LogP contribution in [-0.2, 0) is 21.2 Å². The van der Waals surface area contributed by atoms with Gasteiger partial charge in [0.1, 0.15) is 11.3 Å². The number of hydrogen-bond donors (Lipinski definition) is 1. The monoisotopic (exact) mass is 343 g/mol. The van der Waals surface area contributed by atoms with Crippen molar-refractivity contribution in [2.24, 2.45) is 5.16 Å². The molecule has 0 bridgehead atoms. The van der Waals surface area contributed by atoms with Gasteiger partial charge in [0, 0.05) is 24.4 Å². The molecule has 22 heavy (non-hydrogen) atoms. The molecule has 0 fully saturated rings. The van der Waals surface area contributed by atoms with Crippen LogP contribution >= 0.6 is 11.6 Å². The Hall–Kier alpha value is -1.64. The molecular weight excluding hydrogens is 330 g/mol. The molecule has 2 heterocycles. The van der Waals surface area contributed by atoms with Crippen molar-refractivity contribution in [3.63, 3.8) is 0 Å². The molecule has 1 aliphatic rings. The SMILES string of the molecule is CC(C)c1nc2c(Cl)ccc3c2n1CC/C3=N/OS(=O)(=O)O. The van der Waals surface area contributed by atoms with E-state index in [0.717, 1.165) is 11.3 Å². The molecule has 0 amide bonds. The fourth-order valence-electron chi connectivity index (χ4n) is 2.66. The summed E-state index contributed by atoms with van der Waals surface area (Å²) >= 11 is 6.21. The predicted molar refractivity (Wildman–Crippen MR) is 82.6 cm³/mol. The molecule has 0 aliphatic carbocycles. The van der Waals surface area contributed by atoms with E-state index in [1.54, 1.807) is 12.1 Å². The summed E-state index contributed by atoms with van der Waals surface area (Å²) in [6, 6.07) is 3.44. The first-order valence-corrected chi connectivity index (χ1v) is 8.44. The first kappa shape index (κ1) is 15.3. The van der Waals surface area contributed by atoms with Crippen LogP contribution in [0.3, 0.4) is 0 Å². The quantitative estimate of drug-likeness (QED) is 0.683. The van der Waals surface area contributed by atoms with Crippen LogP contribution in [-0.4, -0.2) is 28.2 Å². The maximum atomic E-state index is 10.7. The van der Waals surface area contributed by atoms with E-state index in [0.29, 0.717) is 34.8 Å². The van der Waals surface area contributed by atoms with Gasteiger partial charge in [0.05, 0.1) is 16.3 Å². The minimum absolute atomic E-state index is 0.226. The smallest absolute Gasteiger partial charge is 0.327 e.